The Balaban J connectivity index is 1.29. The van der Waals surface area contributed by atoms with Crippen molar-refractivity contribution in [1.29, 1.82) is 0 Å². The van der Waals surface area contributed by atoms with Crippen molar-refractivity contribution in [2.75, 3.05) is 13.1 Å². The number of piperidine rings is 1. The highest BCUT2D eigenvalue weighted by Gasteiger charge is 2.41. The van der Waals surface area contributed by atoms with E-state index >= 15 is 0 Å². The second-order valence-electron chi connectivity index (χ2n) is 9.23. The lowest BCUT2D eigenvalue weighted by molar-refractivity contribution is 0.0332. The number of aryl methyl sites for hydroxylation is 1. The molecule has 1 saturated heterocycles. The number of fused-ring (bicyclic) bond motifs is 1. The molecule has 1 aromatic heterocycles. The highest BCUT2D eigenvalue weighted by molar-refractivity contribution is 7.10. The summed E-state index contributed by atoms with van der Waals surface area (Å²) in [6, 6.07) is 24.6. The molecule has 0 N–H and O–H groups in total. The molecule has 2 heteroatoms. The van der Waals surface area contributed by atoms with Crippen LogP contribution in [-0.4, -0.2) is 23.5 Å². The maximum absolute atomic E-state index is 2.90. The van der Waals surface area contributed by atoms with Crippen LogP contribution in [0.1, 0.15) is 66.0 Å². The first-order valence-electron chi connectivity index (χ1n) is 11.7. The zero-order valence-corrected chi connectivity index (χ0v) is 18.7. The normalized spacial score (nSPS) is 21.8. The molecule has 156 valence electrons. The average Bonchev–Trinajstić information content (AvgIpc) is 3.27. The summed E-state index contributed by atoms with van der Waals surface area (Å²) in [5.74, 6) is 0.503. The minimum atomic E-state index is 0.436. The quantitative estimate of drug-likeness (QED) is 0.416. The van der Waals surface area contributed by atoms with Gasteiger partial charge in [0.05, 0.1) is 0 Å². The fraction of sp³-hybridized carbons (Fsp3) is 0.429. The lowest BCUT2D eigenvalue weighted by Gasteiger charge is -2.49. The van der Waals surface area contributed by atoms with Crippen LogP contribution < -0.4 is 0 Å². The first kappa shape index (κ1) is 20.0. The van der Waals surface area contributed by atoms with Crippen LogP contribution in [0.4, 0.5) is 0 Å². The molecule has 0 amide bonds. The topological polar surface area (TPSA) is 3.24 Å². The Morgan fingerprint density at radius 2 is 1.60 bits per heavy atom. The van der Waals surface area contributed by atoms with Gasteiger partial charge in [0.2, 0.25) is 0 Å². The molecular formula is C28H33NS. The van der Waals surface area contributed by atoms with Gasteiger partial charge >= 0.3 is 0 Å². The smallest absolute Gasteiger partial charge is 0.0261 e. The molecule has 1 atom stereocenters. The molecule has 1 unspecified atom stereocenters. The number of hydrogen-bond donors (Lipinski definition) is 0. The molecule has 1 nitrogen and oxygen atoms in total. The largest absolute Gasteiger partial charge is 0.297 e. The molecular weight excluding hydrogens is 382 g/mol. The summed E-state index contributed by atoms with van der Waals surface area (Å²) in [4.78, 5) is 4.56. The van der Waals surface area contributed by atoms with Gasteiger partial charge in [0.15, 0.2) is 0 Å². The van der Waals surface area contributed by atoms with Crippen LogP contribution in [0.3, 0.4) is 0 Å². The van der Waals surface area contributed by atoms with Crippen molar-refractivity contribution in [3.8, 4) is 0 Å². The van der Waals surface area contributed by atoms with Gasteiger partial charge in [-0.3, -0.25) is 4.90 Å². The van der Waals surface area contributed by atoms with Crippen molar-refractivity contribution in [2.24, 2.45) is 0 Å². The van der Waals surface area contributed by atoms with Crippen LogP contribution in [0.15, 0.2) is 72.1 Å². The van der Waals surface area contributed by atoms with Crippen molar-refractivity contribution >= 4 is 11.3 Å². The van der Waals surface area contributed by atoms with Crippen LogP contribution in [0, 0.1) is 0 Å². The van der Waals surface area contributed by atoms with Gasteiger partial charge < -0.3 is 0 Å². The summed E-state index contributed by atoms with van der Waals surface area (Å²) in [5.41, 5.74) is 4.98. The summed E-state index contributed by atoms with van der Waals surface area (Å²) >= 11 is 1.99. The molecule has 3 aromatic rings. The van der Waals surface area contributed by atoms with E-state index in [2.05, 4.69) is 77.0 Å². The second kappa shape index (κ2) is 9.08. The molecule has 5 rings (SSSR count). The second-order valence-corrected chi connectivity index (χ2v) is 10.2. The third-order valence-electron chi connectivity index (χ3n) is 7.50. The zero-order chi connectivity index (χ0) is 20.2. The molecule has 30 heavy (non-hydrogen) atoms. The van der Waals surface area contributed by atoms with Crippen LogP contribution in [-0.2, 0) is 12.8 Å². The van der Waals surface area contributed by atoms with Gasteiger partial charge in [-0.1, -0.05) is 67.1 Å². The molecule has 1 fully saturated rings. The standard InChI is InChI=1S/C28H33NS/c1-3-10-23(11-4-1)26(24-12-5-2-6-13-24)14-9-20-29-19-8-7-17-28(29)18-15-25-16-21-30-27(25)22-28/h1-6,10-13,16,21,26H,7-9,14-15,17-20,22H2. The fourth-order valence-electron chi connectivity index (χ4n) is 5.87. The highest BCUT2D eigenvalue weighted by atomic mass is 32.1. The third-order valence-corrected chi connectivity index (χ3v) is 8.47. The molecule has 2 aliphatic rings. The molecule has 2 aromatic carbocycles. The molecule has 1 aliphatic carbocycles. The fourth-order valence-corrected chi connectivity index (χ4v) is 6.94. The van der Waals surface area contributed by atoms with Crippen molar-refractivity contribution in [3.63, 3.8) is 0 Å². The number of nitrogens with zero attached hydrogens (tertiary/aromatic N) is 1. The maximum Gasteiger partial charge on any atom is 0.0261 e. The summed E-state index contributed by atoms with van der Waals surface area (Å²) in [7, 11) is 0. The van der Waals surface area contributed by atoms with Gasteiger partial charge in [0.1, 0.15) is 0 Å². The number of benzene rings is 2. The summed E-state index contributed by atoms with van der Waals surface area (Å²) < 4.78 is 0. The molecule has 1 aliphatic heterocycles. The van der Waals surface area contributed by atoms with Gasteiger partial charge in [0.25, 0.3) is 0 Å². The Hall–Kier alpha value is -1.90. The van der Waals surface area contributed by atoms with E-state index in [1.54, 1.807) is 10.4 Å². The summed E-state index contributed by atoms with van der Waals surface area (Å²) in [6.45, 7) is 2.54. The van der Waals surface area contributed by atoms with E-state index < -0.39 is 0 Å². The van der Waals surface area contributed by atoms with Gasteiger partial charge in [-0.05, 0) is 79.8 Å². The van der Waals surface area contributed by atoms with Gasteiger partial charge in [-0.15, -0.1) is 11.3 Å². The first-order chi connectivity index (χ1) is 14.8. The Kier molecular flexibility index (Phi) is 6.06. The van der Waals surface area contributed by atoms with Crippen LogP contribution in [0.2, 0.25) is 0 Å². The van der Waals surface area contributed by atoms with E-state index in [4.69, 9.17) is 0 Å². The third kappa shape index (κ3) is 4.13. The van der Waals surface area contributed by atoms with Gasteiger partial charge in [-0.25, -0.2) is 0 Å². The highest BCUT2D eigenvalue weighted by Crippen LogP contribution is 2.42. The van der Waals surface area contributed by atoms with E-state index in [-0.39, 0.29) is 0 Å². The van der Waals surface area contributed by atoms with Gasteiger partial charge in [0, 0.05) is 22.8 Å². The molecule has 0 saturated carbocycles. The van der Waals surface area contributed by atoms with Crippen molar-refractivity contribution in [3.05, 3.63) is 93.7 Å². The number of hydrogen-bond acceptors (Lipinski definition) is 2. The maximum atomic E-state index is 2.90. The van der Waals surface area contributed by atoms with Crippen LogP contribution in [0.25, 0.3) is 0 Å². The van der Waals surface area contributed by atoms with Crippen molar-refractivity contribution in [1.82, 2.24) is 4.90 Å². The lowest BCUT2D eigenvalue weighted by atomic mass is 9.74. The van der Waals surface area contributed by atoms with Crippen molar-refractivity contribution in [2.45, 2.75) is 62.8 Å². The summed E-state index contributed by atoms with van der Waals surface area (Å²) in [6.07, 6.45) is 10.6. The monoisotopic (exact) mass is 415 g/mol. The SMILES string of the molecule is c1ccc(C(CCCN2CCCCC23CCc2ccsc2C3)c2ccccc2)cc1. The number of rotatable bonds is 6. The van der Waals surface area contributed by atoms with E-state index in [9.17, 15) is 0 Å². The summed E-state index contributed by atoms with van der Waals surface area (Å²) in [5, 5.41) is 2.31. The molecule has 1 spiro atoms. The Morgan fingerprint density at radius 1 is 0.867 bits per heavy atom. The number of likely N-dealkylation sites (tertiary alicyclic amines) is 1. The van der Waals surface area contributed by atoms with E-state index in [0.29, 0.717) is 11.5 Å². The Labute approximate surface area is 185 Å². The first-order valence-corrected chi connectivity index (χ1v) is 12.6. The van der Waals surface area contributed by atoms with Gasteiger partial charge in [-0.2, -0.15) is 0 Å². The predicted molar refractivity (Wildman–Crippen MR) is 128 cm³/mol. The predicted octanol–water partition coefficient (Wildman–Crippen LogP) is 7.07. The Bertz CT molecular complexity index is 892. The molecule has 0 bridgehead atoms. The zero-order valence-electron chi connectivity index (χ0n) is 17.9. The van der Waals surface area contributed by atoms with E-state index in [1.165, 1.54) is 75.6 Å². The minimum Gasteiger partial charge on any atom is -0.297 e. The van der Waals surface area contributed by atoms with Crippen LogP contribution in [0.5, 0.6) is 0 Å². The lowest BCUT2D eigenvalue weighted by Crippen LogP contribution is -2.55. The number of thiophene rings is 1. The van der Waals surface area contributed by atoms with Crippen LogP contribution >= 0.6 is 11.3 Å². The average molecular weight is 416 g/mol. The molecule has 2 heterocycles. The van der Waals surface area contributed by atoms with E-state index in [1.807, 2.05) is 11.3 Å². The van der Waals surface area contributed by atoms with E-state index in [0.717, 1.165) is 0 Å². The Morgan fingerprint density at radius 3 is 2.33 bits per heavy atom. The molecule has 0 radical (unpaired) electrons. The minimum absolute atomic E-state index is 0.436. The van der Waals surface area contributed by atoms with Crippen molar-refractivity contribution < 1.29 is 0 Å².